The van der Waals surface area contributed by atoms with Crippen LogP contribution >= 0.6 is 0 Å². The summed E-state index contributed by atoms with van der Waals surface area (Å²) in [7, 11) is 0. The maximum Gasteiger partial charge on any atom is 0.335 e. The molecule has 4 nitrogen and oxygen atoms in total. The number of carboxylic acid groups (broad SMARTS) is 1. The van der Waals surface area contributed by atoms with Gasteiger partial charge in [-0.05, 0) is 27.2 Å². The third-order valence-corrected chi connectivity index (χ3v) is 1.56. The van der Waals surface area contributed by atoms with Crippen molar-refractivity contribution in [3.8, 4) is 0 Å². The van der Waals surface area contributed by atoms with E-state index in [1.165, 1.54) is 6.92 Å². The molecule has 0 aromatic carbocycles. The molecule has 0 aliphatic heterocycles. The largest absolute Gasteiger partial charge is 0.479 e. The maximum atomic E-state index is 10.0. The summed E-state index contributed by atoms with van der Waals surface area (Å²) in [5.74, 6) is -1.17. The highest BCUT2D eigenvalue weighted by Gasteiger charge is 2.26. The van der Waals surface area contributed by atoms with Gasteiger partial charge < -0.3 is 14.9 Å². The summed E-state index contributed by atoms with van der Waals surface area (Å²) in [4.78, 5) is 10.0. The molecule has 0 saturated heterocycles. The van der Waals surface area contributed by atoms with Gasteiger partial charge in [0.05, 0.1) is 0 Å². The monoisotopic (exact) mass is 192 g/mol. The molecule has 0 aliphatic carbocycles. The van der Waals surface area contributed by atoms with E-state index in [1.54, 1.807) is 6.92 Å². The first-order valence-corrected chi connectivity index (χ1v) is 4.45. The molecule has 2 N–H and O–H groups in total. The van der Waals surface area contributed by atoms with Gasteiger partial charge in [0, 0.05) is 13.2 Å². The van der Waals surface area contributed by atoms with Crippen molar-refractivity contribution in [1.29, 1.82) is 0 Å². The van der Waals surface area contributed by atoms with E-state index in [4.69, 9.17) is 14.9 Å². The highest BCUT2D eigenvalue weighted by atomic mass is 16.5. The van der Waals surface area contributed by atoms with Crippen LogP contribution in [0.25, 0.3) is 0 Å². The molecule has 0 aliphatic rings. The number of aliphatic hydroxyl groups is 1. The first-order chi connectivity index (χ1) is 5.92. The van der Waals surface area contributed by atoms with Crippen LogP contribution in [0.3, 0.4) is 0 Å². The predicted octanol–water partition coefficient (Wildman–Crippen LogP) is 1.27. The Hall–Kier alpha value is -0.610. The van der Waals surface area contributed by atoms with Crippen LogP contribution < -0.4 is 0 Å². The number of carbonyl (C=O) groups is 1. The van der Waals surface area contributed by atoms with E-state index in [-0.39, 0.29) is 6.42 Å². The van der Waals surface area contributed by atoms with Gasteiger partial charge in [0.1, 0.15) is 0 Å². The molecular weight excluding hydrogens is 172 g/mol. The van der Waals surface area contributed by atoms with Gasteiger partial charge in [-0.15, -0.1) is 0 Å². The number of aliphatic carboxylic acids is 1. The predicted molar refractivity (Wildman–Crippen MR) is 50.7 cm³/mol. The average Bonchev–Trinajstić information content (AvgIpc) is 2.07. The van der Waals surface area contributed by atoms with Crippen molar-refractivity contribution in [3.05, 3.63) is 0 Å². The van der Waals surface area contributed by atoms with Crippen molar-refractivity contribution in [2.75, 3.05) is 13.2 Å². The molecule has 1 atom stereocenters. The lowest BCUT2D eigenvalue weighted by molar-refractivity contribution is -0.156. The lowest BCUT2D eigenvalue weighted by Crippen LogP contribution is -2.33. The third-order valence-electron chi connectivity index (χ3n) is 1.56. The number of hydrogen-bond acceptors (Lipinski definition) is 3. The lowest BCUT2D eigenvalue weighted by atomic mass is 10.1. The zero-order chi connectivity index (χ0) is 10.9. The highest BCUT2D eigenvalue weighted by Crippen LogP contribution is 2.06. The van der Waals surface area contributed by atoms with Crippen LogP contribution in [-0.4, -0.2) is 35.0 Å². The lowest BCUT2D eigenvalue weighted by Gasteiger charge is -2.13. The summed E-state index contributed by atoms with van der Waals surface area (Å²) in [6.07, 6.45) is 0.238. The molecule has 0 spiro atoms. The van der Waals surface area contributed by atoms with Crippen LogP contribution in [0, 0.1) is 0 Å². The van der Waals surface area contributed by atoms with E-state index in [1.807, 2.05) is 13.8 Å². The second-order valence-electron chi connectivity index (χ2n) is 2.71. The van der Waals surface area contributed by atoms with Crippen molar-refractivity contribution in [2.45, 2.75) is 39.7 Å². The van der Waals surface area contributed by atoms with Gasteiger partial charge in [0.15, 0.2) is 5.60 Å². The highest BCUT2D eigenvalue weighted by molar-refractivity contribution is 5.76. The number of hydrogen-bond donors (Lipinski definition) is 2. The van der Waals surface area contributed by atoms with Crippen molar-refractivity contribution in [1.82, 2.24) is 0 Å². The van der Waals surface area contributed by atoms with Gasteiger partial charge in [-0.1, -0.05) is 6.92 Å². The fourth-order valence-corrected chi connectivity index (χ4v) is 0.355. The summed E-state index contributed by atoms with van der Waals surface area (Å²) < 4.78 is 4.83. The molecule has 0 bridgehead atoms. The Bertz CT molecular complexity index is 130. The molecule has 4 heteroatoms. The van der Waals surface area contributed by atoms with Gasteiger partial charge in [-0.3, -0.25) is 0 Å². The minimum atomic E-state index is -1.54. The molecule has 0 rings (SSSR count). The summed E-state index contributed by atoms with van der Waals surface area (Å²) >= 11 is 0. The van der Waals surface area contributed by atoms with Crippen LogP contribution in [0.1, 0.15) is 34.1 Å². The first kappa shape index (κ1) is 14.9. The molecule has 80 valence electrons. The second kappa shape index (κ2) is 8.01. The molecule has 0 radical (unpaired) electrons. The Morgan fingerprint density at radius 1 is 1.31 bits per heavy atom. The van der Waals surface area contributed by atoms with Gasteiger partial charge >= 0.3 is 5.97 Å². The van der Waals surface area contributed by atoms with Crippen LogP contribution in [0.15, 0.2) is 0 Å². The van der Waals surface area contributed by atoms with Gasteiger partial charge in [-0.2, -0.15) is 0 Å². The van der Waals surface area contributed by atoms with Crippen LogP contribution in [0.2, 0.25) is 0 Å². The Balaban J connectivity index is 0. The van der Waals surface area contributed by atoms with E-state index in [2.05, 4.69) is 0 Å². The minimum absolute atomic E-state index is 0.238. The van der Waals surface area contributed by atoms with E-state index in [0.717, 1.165) is 13.2 Å². The van der Waals surface area contributed by atoms with Crippen molar-refractivity contribution >= 4 is 5.97 Å². The second-order valence-corrected chi connectivity index (χ2v) is 2.71. The smallest absolute Gasteiger partial charge is 0.335 e. The van der Waals surface area contributed by atoms with E-state index in [0.29, 0.717) is 0 Å². The zero-order valence-electron chi connectivity index (χ0n) is 8.83. The fraction of sp³-hybridized carbons (Fsp3) is 0.889. The topological polar surface area (TPSA) is 66.8 Å². The van der Waals surface area contributed by atoms with E-state index >= 15 is 0 Å². The average molecular weight is 192 g/mol. The van der Waals surface area contributed by atoms with Gasteiger partial charge in [0.2, 0.25) is 0 Å². The summed E-state index contributed by atoms with van der Waals surface area (Å²) in [6.45, 7) is 8.56. The summed E-state index contributed by atoms with van der Waals surface area (Å²) in [5.41, 5.74) is -1.54. The Labute approximate surface area is 79.5 Å². The SMILES string of the molecule is CCC(C)(O)C(=O)O.CCOCC. The molecule has 0 aromatic rings. The Morgan fingerprint density at radius 3 is 1.69 bits per heavy atom. The van der Waals surface area contributed by atoms with Crippen molar-refractivity contribution in [3.63, 3.8) is 0 Å². The summed E-state index contributed by atoms with van der Waals surface area (Å²) in [5, 5.41) is 17.0. The van der Waals surface area contributed by atoms with Crippen LogP contribution in [-0.2, 0) is 9.53 Å². The molecule has 0 amide bonds. The normalized spacial score (nSPS) is 13.9. The number of ether oxygens (including phenoxy) is 1. The van der Waals surface area contributed by atoms with Crippen molar-refractivity contribution in [2.24, 2.45) is 0 Å². The molecule has 0 aromatic heterocycles. The maximum absolute atomic E-state index is 10.0. The molecular formula is C9H20O4. The summed E-state index contributed by atoms with van der Waals surface area (Å²) in [6, 6.07) is 0. The quantitative estimate of drug-likeness (QED) is 0.704. The Kier molecular flexibility index (Phi) is 9.17. The minimum Gasteiger partial charge on any atom is -0.479 e. The van der Waals surface area contributed by atoms with Gasteiger partial charge in [-0.25, -0.2) is 4.79 Å². The van der Waals surface area contributed by atoms with Crippen LogP contribution in [0.4, 0.5) is 0 Å². The molecule has 0 fully saturated rings. The van der Waals surface area contributed by atoms with E-state index in [9.17, 15) is 4.79 Å². The van der Waals surface area contributed by atoms with Crippen LogP contribution in [0.5, 0.6) is 0 Å². The molecule has 13 heavy (non-hydrogen) atoms. The first-order valence-electron chi connectivity index (χ1n) is 4.45. The van der Waals surface area contributed by atoms with E-state index < -0.39 is 11.6 Å². The van der Waals surface area contributed by atoms with Crippen molar-refractivity contribution < 1.29 is 19.7 Å². The zero-order valence-corrected chi connectivity index (χ0v) is 8.83. The standard InChI is InChI=1S/C5H10O3.C4H10O/c1-3-5(2,8)4(6)7;1-3-5-4-2/h8H,3H2,1-2H3,(H,6,7);3-4H2,1-2H3. The van der Waals surface area contributed by atoms with Gasteiger partial charge in [0.25, 0.3) is 0 Å². The molecule has 1 unspecified atom stereocenters. The Morgan fingerprint density at radius 2 is 1.69 bits per heavy atom. The number of carboxylic acids is 1. The molecule has 0 heterocycles. The fourth-order valence-electron chi connectivity index (χ4n) is 0.355. The number of rotatable bonds is 4. The third kappa shape index (κ3) is 9.30. The molecule has 0 saturated carbocycles.